The summed E-state index contributed by atoms with van der Waals surface area (Å²) in [6.45, 7) is 3.58. The van der Waals surface area contributed by atoms with Crippen LogP contribution in [0, 0.1) is 10.1 Å². The summed E-state index contributed by atoms with van der Waals surface area (Å²) in [4.78, 5) is 13.3. The normalized spacial score (nSPS) is 22.7. The molecule has 6 nitrogen and oxygen atoms in total. The van der Waals surface area contributed by atoms with Crippen LogP contribution in [-0.2, 0) is 17.6 Å². The van der Waals surface area contributed by atoms with Gasteiger partial charge in [0.15, 0.2) is 5.75 Å². The second-order valence-electron chi connectivity index (χ2n) is 5.89. The van der Waals surface area contributed by atoms with Crippen molar-refractivity contribution in [3.05, 3.63) is 33.4 Å². The summed E-state index contributed by atoms with van der Waals surface area (Å²) in [6.07, 6.45) is 3.90. The van der Waals surface area contributed by atoms with Crippen LogP contribution in [0.1, 0.15) is 24.0 Å². The van der Waals surface area contributed by atoms with Gasteiger partial charge in [0.05, 0.1) is 25.2 Å². The fourth-order valence-corrected chi connectivity index (χ4v) is 3.62. The van der Waals surface area contributed by atoms with Crippen molar-refractivity contribution in [2.24, 2.45) is 0 Å². The Bertz CT molecular complexity index is 555. The van der Waals surface area contributed by atoms with Crippen molar-refractivity contribution >= 4 is 5.69 Å². The molecule has 0 aromatic heterocycles. The van der Waals surface area contributed by atoms with Crippen LogP contribution < -0.4 is 4.74 Å². The minimum atomic E-state index is -0.358. The minimum absolute atomic E-state index is 0.0751. The van der Waals surface area contributed by atoms with E-state index in [0.717, 1.165) is 57.6 Å². The summed E-state index contributed by atoms with van der Waals surface area (Å²) in [7, 11) is 1.52. The summed E-state index contributed by atoms with van der Waals surface area (Å²) < 4.78 is 10.8. The molecule has 1 saturated heterocycles. The highest BCUT2D eigenvalue weighted by molar-refractivity contribution is 5.55. The number of benzene rings is 1. The average Bonchev–Trinajstić information content (AvgIpc) is 2.77. The van der Waals surface area contributed by atoms with Crippen molar-refractivity contribution in [1.29, 1.82) is 0 Å². The lowest BCUT2D eigenvalue weighted by atomic mass is 10.0. The fourth-order valence-electron chi connectivity index (χ4n) is 3.62. The lowest BCUT2D eigenvalue weighted by Crippen LogP contribution is -2.43. The lowest BCUT2D eigenvalue weighted by molar-refractivity contribution is -0.385. The monoisotopic (exact) mass is 306 g/mol. The molecule has 0 N–H and O–H groups in total. The predicted octanol–water partition coefficient (Wildman–Crippen LogP) is 2.18. The zero-order valence-electron chi connectivity index (χ0n) is 12.9. The molecule has 1 unspecified atom stereocenters. The molecule has 0 radical (unpaired) electrons. The Labute approximate surface area is 130 Å². The quantitative estimate of drug-likeness (QED) is 0.486. The van der Waals surface area contributed by atoms with E-state index in [1.807, 2.05) is 6.07 Å². The average molecular weight is 306 g/mol. The van der Waals surface area contributed by atoms with E-state index < -0.39 is 0 Å². The van der Waals surface area contributed by atoms with Gasteiger partial charge in [0.2, 0.25) is 0 Å². The Morgan fingerprint density at radius 1 is 1.27 bits per heavy atom. The molecule has 3 rings (SSSR count). The van der Waals surface area contributed by atoms with Crippen LogP contribution >= 0.6 is 0 Å². The summed E-state index contributed by atoms with van der Waals surface area (Å²) >= 11 is 0. The van der Waals surface area contributed by atoms with Crippen molar-refractivity contribution in [3.63, 3.8) is 0 Å². The number of nitrogens with zero attached hydrogens (tertiary/aromatic N) is 2. The number of ether oxygens (including phenoxy) is 2. The standard InChI is InChI=1S/C16H22N2O4/c1-21-16-14-6-5-13(17-8-10-22-11-9-17)4-2-12(14)3-7-15(16)18(19)20/h3,7,13H,2,4-6,8-11H2,1H3. The summed E-state index contributed by atoms with van der Waals surface area (Å²) in [5.41, 5.74) is 2.29. The molecule has 6 heteroatoms. The molecule has 1 aromatic carbocycles. The van der Waals surface area contributed by atoms with Crippen molar-refractivity contribution in [1.82, 2.24) is 4.90 Å². The Balaban J connectivity index is 1.82. The highest BCUT2D eigenvalue weighted by Crippen LogP contribution is 2.37. The summed E-state index contributed by atoms with van der Waals surface area (Å²) in [5, 5.41) is 11.2. The number of methoxy groups -OCH3 is 1. The third-order valence-electron chi connectivity index (χ3n) is 4.77. The Morgan fingerprint density at radius 2 is 2.00 bits per heavy atom. The predicted molar refractivity (Wildman–Crippen MR) is 82.5 cm³/mol. The second kappa shape index (κ2) is 6.62. The molecule has 0 amide bonds. The van der Waals surface area contributed by atoms with Crippen LogP contribution in [0.25, 0.3) is 0 Å². The zero-order valence-corrected chi connectivity index (χ0v) is 12.9. The van der Waals surface area contributed by atoms with Crippen LogP contribution in [0.3, 0.4) is 0 Å². The van der Waals surface area contributed by atoms with Crippen molar-refractivity contribution in [3.8, 4) is 5.75 Å². The first kappa shape index (κ1) is 15.2. The topological polar surface area (TPSA) is 64.8 Å². The van der Waals surface area contributed by atoms with E-state index >= 15 is 0 Å². The van der Waals surface area contributed by atoms with Gasteiger partial charge < -0.3 is 9.47 Å². The van der Waals surface area contributed by atoms with Crippen molar-refractivity contribution < 1.29 is 14.4 Å². The van der Waals surface area contributed by atoms with Crippen LogP contribution in [0.4, 0.5) is 5.69 Å². The number of hydrogen-bond acceptors (Lipinski definition) is 5. The number of hydrogen-bond donors (Lipinski definition) is 0. The molecule has 1 fully saturated rings. The molecule has 1 atom stereocenters. The molecule has 1 aliphatic heterocycles. The number of aryl methyl sites for hydroxylation is 1. The molecule has 22 heavy (non-hydrogen) atoms. The number of rotatable bonds is 3. The van der Waals surface area contributed by atoms with Crippen LogP contribution in [-0.4, -0.2) is 49.3 Å². The largest absolute Gasteiger partial charge is 0.490 e. The van der Waals surface area contributed by atoms with Crippen molar-refractivity contribution in [2.75, 3.05) is 33.4 Å². The molecule has 0 saturated carbocycles. The van der Waals surface area contributed by atoms with Gasteiger partial charge in [-0.1, -0.05) is 6.07 Å². The van der Waals surface area contributed by atoms with Gasteiger partial charge in [-0.05, 0) is 31.2 Å². The van der Waals surface area contributed by atoms with Crippen molar-refractivity contribution in [2.45, 2.75) is 31.7 Å². The van der Waals surface area contributed by atoms with E-state index in [-0.39, 0.29) is 10.6 Å². The Kier molecular flexibility index (Phi) is 4.59. The van der Waals surface area contributed by atoms with Gasteiger partial charge in [-0.15, -0.1) is 0 Å². The molecule has 2 aliphatic rings. The van der Waals surface area contributed by atoms with Gasteiger partial charge in [-0.3, -0.25) is 15.0 Å². The number of nitro groups is 1. The molecule has 1 aliphatic carbocycles. The molecule has 0 bridgehead atoms. The molecular weight excluding hydrogens is 284 g/mol. The third-order valence-corrected chi connectivity index (χ3v) is 4.77. The zero-order chi connectivity index (χ0) is 15.5. The van der Waals surface area contributed by atoms with E-state index in [4.69, 9.17) is 9.47 Å². The van der Waals surface area contributed by atoms with Gasteiger partial charge in [-0.25, -0.2) is 0 Å². The molecule has 1 aromatic rings. The van der Waals surface area contributed by atoms with E-state index in [0.29, 0.717) is 11.8 Å². The lowest BCUT2D eigenvalue weighted by Gasteiger charge is -2.33. The van der Waals surface area contributed by atoms with E-state index in [2.05, 4.69) is 4.90 Å². The van der Waals surface area contributed by atoms with Crippen LogP contribution in [0.5, 0.6) is 5.75 Å². The summed E-state index contributed by atoms with van der Waals surface area (Å²) in [5.74, 6) is 0.449. The van der Waals surface area contributed by atoms with Crippen LogP contribution in [0.2, 0.25) is 0 Å². The first-order valence-corrected chi connectivity index (χ1v) is 7.85. The highest BCUT2D eigenvalue weighted by atomic mass is 16.6. The first-order chi connectivity index (χ1) is 10.7. The van der Waals surface area contributed by atoms with E-state index in [1.54, 1.807) is 6.07 Å². The maximum Gasteiger partial charge on any atom is 0.311 e. The Morgan fingerprint density at radius 3 is 2.68 bits per heavy atom. The number of fused-ring (bicyclic) bond motifs is 1. The Hall–Kier alpha value is -1.66. The van der Waals surface area contributed by atoms with Gasteiger partial charge in [-0.2, -0.15) is 0 Å². The molecule has 120 valence electrons. The minimum Gasteiger partial charge on any atom is -0.490 e. The third kappa shape index (κ3) is 2.94. The number of nitro benzene ring substituents is 1. The highest BCUT2D eigenvalue weighted by Gasteiger charge is 2.28. The van der Waals surface area contributed by atoms with E-state index in [9.17, 15) is 10.1 Å². The van der Waals surface area contributed by atoms with Gasteiger partial charge in [0.25, 0.3) is 0 Å². The SMILES string of the molecule is COc1c([N+](=O)[O-])ccc2c1CCC(N1CCOCC1)CC2. The number of morpholine rings is 1. The first-order valence-electron chi connectivity index (χ1n) is 7.85. The maximum atomic E-state index is 11.2. The van der Waals surface area contributed by atoms with Gasteiger partial charge >= 0.3 is 5.69 Å². The fraction of sp³-hybridized carbons (Fsp3) is 0.625. The maximum absolute atomic E-state index is 11.2. The van der Waals surface area contributed by atoms with Crippen LogP contribution in [0.15, 0.2) is 12.1 Å². The smallest absolute Gasteiger partial charge is 0.311 e. The van der Waals surface area contributed by atoms with Gasteiger partial charge in [0.1, 0.15) is 0 Å². The second-order valence-corrected chi connectivity index (χ2v) is 5.89. The molecule has 0 spiro atoms. The van der Waals surface area contributed by atoms with Gasteiger partial charge in [0, 0.05) is 30.8 Å². The molecule has 1 heterocycles. The summed E-state index contributed by atoms with van der Waals surface area (Å²) in [6, 6.07) is 4.00. The molecular formula is C16H22N2O4. The van der Waals surface area contributed by atoms with E-state index in [1.165, 1.54) is 12.7 Å².